The molecule has 1 atom stereocenters. The number of hydrogen-bond acceptors (Lipinski definition) is 4. The lowest BCUT2D eigenvalue weighted by molar-refractivity contribution is -0.120. The molecule has 0 saturated carbocycles. The molecular formula is C16H20N2O4S. The molecule has 1 N–H and O–H groups in total. The Hall–Kier alpha value is -2.04. The first-order chi connectivity index (χ1) is 10.9. The zero-order chi connectivity index (χ0) is 16.9. The second-order valence-electron chi connectivity index (χ2n) is 5.40. The van der Waals surface area contributed by atoms with Crippen LogP contribution in [0.15, 0.2) is 24.3 Å². The summed E-state index contributed by atoms with van der Waals surface area (Å²) in [5, 5.41) is 2.75. The summed E-state index contributed by atoms with van der Waals surface area (Å²) in [5.74, 6) is 2.58. The highest BCUT2D eigenvalue weighted by Crippen LogP contribution is 2.23. The van der Waals surface area contributed by atoms with Gasteiger partial charge in [0.1, 0.15) is 18.4 Å². The van der Waals surface area contributed by atoms with Crippen molar-refractivity contribution in [1.82, 2.24) is 4.31 Å². The number of sulfonamides is 1. The van der Waals surface area contributed by atoms with E-state index in [0.717, 1.165) is 19.1 Å². The first-order valence-corrected chi connectivity index (χ1v) is 9.20. The van der Waals surface area contributed by atoms with Gasteiger partial charge >= 0.3 is 0 Å². The third-order valence-electron chi connectivity index (χ3n) is 3.61. The van der Waals surface area contributed by atoms with Crippen LogP contribution in [-0.4, -0.2) is 44.1 Å². The lowest BCUT2D eigenvalue weighted by Gasteiger charge is -2.32. The van der Waals surface area contributed by atoms with Gasteiger partial charge in [0.15, 0.2) is 0 Å². The second-order valence-corrected chi connectivity index (χ2v) is 7.33. The number of terminal acetylenes is 1. The molecule has 0 radical (unpaired) electrons. The van der Waals surface area contributed by atoms with Gasteiger partial charge in [-0.2, -0.15) is 4.31 Å². The summed E-state index contributed by atoms with van der Waals surface area (Å²) in [5.41, 5.74) is 0.545. The molecule has 6 nitrogen and oxygen atoms in total. The van der Waals surface area contributed by atoms with Crippen molar-refractivity contribution in [1.29, 1.82) is 0 Å². The fourth-order valence-corrected chi connectivity index (χ4v) is 3.70. The summed E-state index contributed by atoms with van der Waals surface area (Å²) < 4.78 is 30.2. The normalized spacial score (nSPS) is 18.9. The van der Waals surface area contributed by atoms with Crippen LogP contribution in [-0.2, 0) is 14.8 Å². The average molecular weight is 336 g/mol. The first kappa shape index (κ1) is 17.3. The van der Waals surface area contributed by atoms with Gasteiger partial charge in [0.05, 0.1) is 6.26 Å². The number of rotatable bonds is 5. The lowest BCUT2D eigenvalue weighted by Crippen LogP contribution is -2.49. The highest BCUT2D eigenvalue weighted by atomic mass is 32.2. The molecule has 7 heteroatoms. The Morgan fingerprint density at radius 1 is 1.48 bits per heavy atom. The zero-order valence-corrected chi connectivity index (χ0v) is 13.8. The van der Waals surface area contributed by atoms with Gasteiger partial charge in [-0.15, -0.1) is 6.42 Å². The molecule has 0 bridgehead atoms. The molecule has 1 amide bonds. The number of piperidine rings is 1. The number of nitrogens with zero attached hydrogens (tertiary/aromatic N) is 1. The highest BCUT2D eigenvalue weighted by molar-refractivity contribution is 7.88. The van der Waals surface area contributed by atoms with Gasteiger partial charge < -0.3 is 10.1 Å². The molecule has 1 fully saturated rings. The molecule has 1 unspecified atom stereocenters. The molecule has 23 heavy (non-hydrogen) atoms. The van der Waals surface area contributed by atoms with E-state index in [9.17, 15) is 13.2 Å². The van der Waals surface area contributed by atoms with Crippen LogP contribution in [0.3, 0.4) is 0 Å². The minimum Gasteiger partial charge on any atom is -0.481 e. The molecule has 0 aromatic heterocycles. The van der Waals surface area contributed by atoms with Crippen molar-refractivity contribution in [2.75, 3.05) is 24.7 Å². The molecule has 1 heterocycles. The van der Waals surface area contributed by atoms with Gasteiger partial charge in [-0.3, -0.25) is 4.79 Å². The van der Waals surface area contributed by atoms with Crippen LogP contribution < -0.4 is 10.1 Å². The SMILES string of the molecule is C#CCOc1cccc(NC(=O)C2CCCCN2S(C)(=O)=O)c1. The Kier molecular flexibility index (Phi) is 5.64. The standard InChI is InChI=1S/C16H20N2O4S/c1-3-11-22-14-8-6-7-13(12-14)17-16(19)15-9-4-5-10-18(15)23(2,20)21/h1,6-8,12,15H,4-5,9-11H2,2H3,(H,17,19). The number of carbonyl (C=O) groups excluding carboxylic acids is 1. The van der Waals surface area contributed by atoms with Crippen molar-refractivity contribution in [3.05, 3.63) is 24.3 Å². The Morgan fingerprint density at radius 2 is 2.26 bits per heavy atom. The molecule has 0 spiro atoms. The van der Waals surface area contributed by atoms with Crippen LogP contribution in [0, 0.1) is 12.3 Å². The van der Waals surface area contributed by atoms with Crippen LogP contribution in [0.4, 0.5) is 5.69 Å². The Bertz CT molecular complexity index is 709. The number of amides is 1. The Labute approximate surface area is 136 Å². The number of hydrogen-bond donors (Lipinski definition) is 1. The maximum absolute atomic E-state index is 12.5. The van der Waals surface area contributed by atoms with E-state index in [0.29, 0.717) is 24.4 Å². The summed E-state index contributed by atoms with van der Waals surface area (Å²) >= 11 is 0. The lowest BCUT2D eigenvalue weighted by atomic mass is 10.0. The number of ether oxygens (including phenoxy) is 1. The van der Waals surface area contributed by atoms with Gasteiger partial charge in [-0.25, -0.2) is 8.42 Å². The summed E-state index contributed by atoms with van der Waals surface area (Å²) in [4.78, 5) is 12.5. The van der Waals surface area contributed by atoms with Crippen molar-refractivity contribution in [2.45, 2.75) is 25.3 Å². The zero-order valence-electron chi connectivity index (χ0n) is 13.0. The van der Waals surface area contributed by atoms with E-state index in [1.165, 1.54) is 4.31 Å². The number of nitrogens with one attached hydrogen (secondary N) is 1. The van der Waals surface area contributed by atoms with Crippen LogP contribution in [0.5, 0.6) is 5.75 Å². The predicted molar refractivity (Wildman–Crippen MR) is 88.6 cm³/mol. The van der Waals surface area contributed by atoms with Crippen molar-refractivity contribution >= 4 is 21.6 Å². The van der Waals surface area contributed by atoms with Crippen molar-refractivity contribution in [2.24, 2.45) is 0 Å². The van der Waals surface area contributed by atoms with Crippen LogP contribution in [0.2, 0.25) is 0 Å². The first-order valence-electron chi connectivity index (χ1n) is 7.36. The minimum atomic E-state index is -3.41. The van der Waals surface area contributed by atoms with E-state index in [1.54, 1.807) is 24.3 Å². The summed E-state index contributed by atoms with van der Waals surface area (Å²) in [7, 11) is -3.41. The number of benzene rings is 1. The molecule has 1 aromatic rings. The Morgan fingerprint density at radius 3 is 2.96 bits per heavy atom. The largest absolute Gasteiger partial charge is 0.481 e. The predicted octanol–water partition coefficient (Wildman–Crippen LogP) is 1.45. The average Bonchev–Trinajstić information content (AvgIpc) is 2.52. The van der Waals surface area contributed by atoms with E-state index < -0.39 is 16.1 Å². The highest BCUT2D eigenvalue weighted by Gasteiger charge is 2.34. The van der Waals surface area contributed by atoms with E-state index >= 15 is 0 Å². The fourth-order valence-electron chi connectivity index (χ4n) is 2.58. The molecule has 1 saturated heterocycles. The van der Waals surface area contributed by atoms with Crippen LogP contribution in [0.1, 0.15) is 19.3 Å². The molecule has 0 aliphatic carbocycles. The number of carbonyl (C=O) groups is 1. The molecule has 1 aliphatic rings. The summed E-state index contributed by atoms with van der Waals surface area (Å²) in [6, 6.07) is 6.17. The molecule has 124 valence electrons. The van der Waals surface area contributed by atoms with E-state index in [2.05, 4.69) is 11.2 Å². The quantitative estimate of drug-likeness (QED) is 0.826. The van der Waals surface area contributed by atoms with Gasteiger partial charge in [-0.05, 0) is 25.0 Å². The van der Waals surface area contributed by atoms with E-state index in [-0.39, 0.29) is 12.5 Å². The molecule has 1 aromatic carbocycles. The van der Waals surface area contributed by atoms with Crippen molar-refractivity contribution in [3.8, 4) is 18.1 Å². The maximum atomic E-state index is 12.5. The van der Waals surface area contributed by atoms with E-state index in [1.807, 2.05) is 0 Å². The monoisotopic (exact) mass is 336 g/mol. The van der Waals surface area contributed by atoms with Gasteiger partial charge in [-0.1, -0.05) is 18.4 Å². The Balaban J connectivity index is 2.10. The van der Waals surface area contributed by atoms with Gasteiger partial charge in [0, 0.05) is 18.3 Å². The van der Waals surface area contributed by atoms with Crippen LogP contribution >= 0.6 is 0 Å². The van der Waals surface area contributed by atoms with Crippen molar-refractivity contribution < 1.29 is 17.9 Å². The number of anilines is 1. The molecular weight excluding hydrogens is 316 g/mol. The van der Waals surface area contributed by atoms with Crippen LogP contribution in [0.25, 0.3) is 0 Å². The molecule has 1 aliphatic heterocycles. The minimum absolute atomic E-state index is 0.141. The summed E-state index contributed by atoms with van der Waals surface area (Å²) in [6.45, 7) is 0.518. The smallest absolute Gasteiger partial charge is 0.242 e. The van der Waals surface area contributed by atoms with Gasteiger partial charge in [0.2, 0.25) is 15.9 Å². The summed E-state index contributed by atoms with van der Waals surface area (Å²) in [6.07, 6.45) is 8.39. The van der Waals surface area contributed by atoms with Gasteiger partial charge in [0.25, 0.3) is 0 Å². The maximum Gasteiger partial charge on any atom is 0.242 e. The topological polar surface area (TPSA) is 75.7 Å². The second kappa shape index (κ2) is 7.49. The molecule has 2 rings (SSSR count). The van der Waals surface area contributed by atoms with Crippen molar-refractivity contribution in [3.63, 3.8) is 0 Å². The fraction of sp³-hybridized carbons (Fsp3) is 0.438. The van der Waals surface area contributed by atoms with E-state index in [4.69, 9.17) is 11.2 Å². The third-order valence-corrected chi connectivity index (χ3v) is 4.90. The third kappa shape index (κ3) is 4.71.